The van der Waals surface area contributed by atoms with Crippen LogP contribution < -0.4 is 5.56 Å². The van der Waals surface area contributed by atoms with Crippen LogP contribution in [-0.4, -0.2) is 9.55 Å². The van der Waals surface area contributed by atoms with E-state index in [1.165, 1.54) is 5.56 Å². The maximum Gasteiger partial charge on any atom is 0.265 e. The molecule has 0 aliphatic heterocycles. The van der Waals surface area contributed by atoms with Crippen LogP contribution in [0.1, 0.15) is 22.5 Å². The zero-order valence-corrected chi connectivity index (χ0v) is 14.9. The standard InChI is InChI=1S/C23H20N2O/c1-16-7-5-9-18(13-16)15-22-24-21-12-4-3-11-20(21)23(26)25(22)19-10-6-8-17(2)14-19/h3-14H,15H2,1-2H3. The molecule has 26 heavy (non-hydrogen) atoms. The van der Waals surface area contributed by atoms with E-state index in [9.17, 15) is 4.79 Å². The number of hydrogen-bond donors (Lipinski definition) is 0. The van der Waals surface area contributed by atoms with Gasteiger partial charge in [0.15, 0.2) is 0 Å². The minimum atomic E-state index is -0.0242. The first-order chi connectivity index (χ1) is 12.6. The van der Waals surface area contributed by atoms with Crippen molar-refractivity contribution in [3.8, 4) is 5.69 Å². The number of benzene rings is 3. The van der Waals surface area contributed by atoms with Gasteiger partial charge in [0, 0.05) is 6.42 Å². The summed E-state index contributed by atoms with van der Waals surface area (Å²) < 4.78 is 1.75. The van der Waals surface area contributed by atoms with Crippen molar-refractivity contribution in [1.29, 1.82) is 0 Å². The molecule has 0 spiro atoms. The molecule has 0 aliphatic rings. The van der Waals surface area contributed by atoms with E-state index in [2.05, 4.69) is 25.1 Å². The highest BCUT2D eigenvalue weighted by molar-refractivity contribution is 5.77. The van der Waals surface area contributed by atoms with Gasteiger partial charge in [-0.25, -0.2) is 4.98 Å². The van der Waals surface area contributed by atoms with Crippen molar-refractivity contribution in [3.63, 3.8) is 0 Å². The van der Waals surface area contributed by atoms with Gasteiger partial charge in [-0.2, -0.15) is 0 Å². The van der Waals surface area contributed by atoms with E-state index in [1.807, 2.05) is 61.5 Å². The lowest BCUT2D eigenvalue weighted by atomic mass is 10.1. The van der Waals surface area contributed by atoms with Crippen molar-refractivity contribution in [1.82, 2.24) is 9.55 Å². The lowest BCUT2D eigenvalue weighted by Crippen LogP contribution is -2.24. The van der Waals surface area contributed by atoms with Crippen molar-refractivity contribution in [2.75, 3.05) is 0 Å². The SMILES string of the molecule is Cc1cccc(Cc2nc3ccccc3c(=O)n2-c2cccc(C)c2)c1. The maximum atomic E-state index is 13.2. The third kappa shape index (κ3) is 3.04. The topological polar surface area (TPSA) is 34.9 Å². The first kappa shape index (κ1) is 16.3. The van der Waals surface area contributed by atoms with Gasteiger partial charge in [-0.05, 0) is 49.2 Å². The van der Waals surface area contributed by atoms with Crippen molar-refractivity contribution >= 4 is 10.9 Å². The molecular weight excluding hydrogens is 320 g/mol. The maximum absolute atomic E-state index is 13.2. The molecular formula is C23H20N2O. The fourth-order valence-electron chi connectivity index (χ4n) is 3.34. The molecule has 0 N–H and O–H groups in total. The van der Waals surface area contributed by atoms with Gasteiger partial charge < -0.3 is 0 Å². The lowest BCUT2D eigenvalue weighted by molar-refractivity contribution is 0.849. The van der Waals surface area contributed by atoms with E-state index >= 15 is 0 Å². The highest BCUT2D eigenvalue weighted by atomic mass is 16.1. The second-order valence-corrected chi connectivity index (χ2v) is 6.69. The molecule has 1 heterocycles. The zero-order valence-electron chi connectivity index (χ0n) is 14.9. The van der Waals surface area contributed by atoms with Crippen molar-refractivity contribution in [3.05, 3.63) is 106 Å². The van der Waals surface area contributed by atoms with Crippen LogP contribution in [0.2, 0.25) is 0 Å². The molecule has 1 aromatic heterocycles. The molecule has 0 atom stereocenters. The predicted molar refractivity (Wildman–Crippen MR) is 106 cm³/mol. The van der Waals surface area contributed by atoms with Crippen LogP contribution in [0.4, 0.5) is 0 Å². The second-order valence-electron chi connectivity index (χ2n) is 6.69. The number of rotatable bonds is 3. The largest absolute Gasteiger partial charge is 0.268 e. The molecule has 3 nitrogen and oxygen atoms in total. The molecule has 0 saturated heterocycles. The summed E-state index contributed by atoms with van der Waals surface area (Å²) in [4.78, 5) is 18.1. The smallest absolute Gasteiger partial charge is 0.265 e. The van der Waals surface area contributed by atoms with Gasteiger partial charge in [-0.15, -0.1) is 0 Å². The van der Waals surface area contributed by atoms with Gasteiger partial charge in [0.05, 0.1) is 16.6 Å². The summed E-state index contributed by atoms with van der Waals surface area (Å²) in [6.45, 7) is 4.11. The number of aryl methyl sites for hydroxylation is 2. The summed E-state index contributed by atoms with van der Waals surface area (Å²) in [7, 11) is 0. The Morgan fingerprint density at radius 1 is 0.846 bits per heavy atom. The van der Waals surface area contributed by atoms with Crippen molar-refractivity contribution < 1.29 is 0 Å². The Morgan fingerprint density at radius 2 is 1.58 bits per heavy atom. The molecule has 4 aromatic rings. The Bertz CT molecular complexity index is 1160. The van der Waals surface area contributed by atoms with Crippen LogP contribution in [-0.2, 0) is 6.42 Å². The van der Waals surface area contributed by atoms with Gasteiger partial charge in [-0.1, -0.05) is 54.1 Å². The third-order valence-corrected chi connectivity index (χ3v) is 4.55. The van der Waals surface area contributed by atoms with E-state index < -0.39 is 0 Å². The first-order valence-electron chi connectivity index (χ1n) is 8.75. The molecule has 0 bridgehead atoms. The Balaban J connectivity index is 1.98. The minimum Gasteiger partial charge on any atom is -0.268 e. The summed E-state index contributed by atoms with van der Waals surface area (Å²) >= 11 is 0. The molecule has 0 aliphatic carbocycles. The molecule has 0 fully saturated rings. The summed E-state index contributed by atoms with van der Waals surface area (Å²) in [6.07, 6.45) is 0.607. The Labute approximate surface area is 152 Å². The summed E-state index contributed by atoms with van der Waals surface area (Å²) in [6, 6.07) is 23.9. The molecule has 0 unspecified atom stereocenters. The zero-order chi connectivity index (χ0) is 18.1. The van der Waals surface area contributed by atoms with E-state index in [0.717, 1.165) is 28.2 Å². The molecule has 0 radical (unpaired) electrons. The van der Waals surface area contributed by atoms with Gasteiger partial charge in [0.1, 0.15) is 5.82 Å². The highest BCUT2D eigenvalue weighted by Crippen LogP contribution is 2.17. The number of hydrogen-bond acceptors (Lipinski definition) is 2. The van der Waals surface area contributed by atoms with E-state index in [-0.39, 0.29) is 5.56 Å². The van der Waals surface area contributed by atoms with E-state index in [1.54, 1.807) is 4.57 Å². The second kappa shape index (κ2) is 6.60. The normalized spacial score (nSPS) is 11.0. The third-order valence-electron chi connectivity index (χ3n) is 4.55. The van der Waals surface area contributed by atoms with Gasteiger partial charge in [-0.3, -0.25) is 9.36 Å². The number of para-hydroxylation sites is 1. The van der Waals surface area contributed by atoms with Gasteiger partial charge in [0.25, 0.3) is 5.56 Å². The molecule has 0 amide bonds. The van der Waals surface area contributed by atoms with E-state index in [4.69, 9.17) is 4.98 Å². The summed E-state index contributed by atoms with van der Waals surface area (Å²) in [5.41, 5.74) is 5.04. The minimum absolute atomic E-state index is 0.0242. The van der Waals surface area contributed by atoms with E-state index in [0.29, 0.717) is 11.8 Å². The highest BCUT2D eigenvalue weighted by Gasteiger charge is 2.13. The Kier molecular flexibility index (Phi) is 4.13. The molecule has 0 saturated carbocycles. The van der Waals surface area contributed by atoms with Gasteiger partial charge >= 0.3 is 0 Å². The average molecular weight is 340 g/mol. The predicted octanol–water partition coefficient (Wildman–Crippen LogP) is 4.59. The quantitative estimate of drug-likeness (QED) is 0.546. The summed E-state index contributed by atoms with van der Waals surface area (Å²) in [5, 5.41) is 0.641. The molecule has 3 heteroatoms. The number of fused-ring (bicyclic) bond motifs is 1. The number of nitrogens with zero attached hydrogens (tertiary/aromatic N) is 2. The van der Waals surface area contributed by atoms with Crippen LogP contribution in [0, 0.1) is 13.8 Å². The van der Waals surface area contributed by atoms with Crippen LogP contribution >= 0.6 is 0 Å². The Hall–Kier alpha value is -3.20. The van der Waals surface area contributed by atoms with Crippen molar-refractivity contribution in [2.45, 2.75) is 20.3 Å². The lowest BCUT2D eigenvalue weighted by Gasteiger charge is -2.14. The van der Waals surface area contributed by atoms with Gasteiger partial charge in [0.2, 0.25) is 0 Å². The molecule has 3 aromatic carbocycles. The summed E-state index contributed by atoms with van der Waals surface area (Å²) in [5.74, 6) is 0.755. The van der Waals surface area contributed by atoms with Crippen LogP contribution in [0.5, 0.6) is 0 Å². The Morgan fingerprint density at radius 3 is 2.35 bits per heavy atom. The average Bonchev–Trinajstić information content (AvgIpc) is 2.62. The van der Waals surface area contributed by atoms with Crippen molar-refractivity contribution in [2.24, 2.45) is 0 Å². The van der Waals surface area contributed by atoms with Crippen LogP contribution in [0.25, 0.3) is 16.6 Å². The fourth-order valence-corrected chi connectivity index (χ4v) is 3.34. The number of aromatic nitrogens is 2. The monoisotopic (exact) mass is 340 g/mol. The molecule has 4 rings (SSSR count). The fraction of sp³-hybridized carbons (Fsp3) is 0.130. The van der Waals surface area contributed by atoms with Crippen LogP contribution in [0.3, 0.4) is 0 Å². The molecule has 128 valence electrons. The first-order valence-corrected chi connectivity index (χ1v) is 8.75. The van der Waals surface area contributed by atoms with Crippen LogP contribution in [0.15, 0.2) is 77.6 Å².